The van der Waals surface area contributed by atoms with E-state index in [1.807, 2.05) is 25.7 Å². The zero-order valence-corrected chi connectivity index (χ0v) is 14.2. The van der Waals surface area contributed by atoms with Crippen LogP contribution in [0.3, 0.4) is 0 Å². The molecule has 2 fully saturated rings. The Morgan fingerprint density at radius 2 is 1.76 bits per heavy atom. The van der Waals surface area contributed by atoms with Crippen LogP contribution < -0.4 is 5.32 Å². The van der Waals surface area contributed by atoms with Gasteiger partial charge in [0.25, 0.3) is 0 Å². The van der Waals surface area contributed by atoms with Crippen molar-refractivity contribution in [2.24, 2.45) is 0 Å². The summed E-state index contributed by atoms with van der Waals surface area (Å²) in [6, 6.07) is 1.51. The van der Waals surface area contributed by atoms with Crippen molar-refractivity contribution in [1.82, 2.24) is 10.2 Å². The molecule has 1 N–H and O–H groups in total. The van der Waals surface area contributed by atoms with Gasteiger partial charge in [-0.3, -0.25) is 0 Å². The van der Waals surface area contributed by atoms with Gasteiger partial charge >= 0.3 is 6.09 Å². The predicted molar refractivity (Wildman–Crippen MR) is 85.4 cm³/mol. The second-order valence-corrected chi connectivity index (χ2v) is 7.75. The minimum absolute atomic E-state index is 0.161. The Morgan fingerprint density at radius 3 is 2.33 bits per heavy atom. The van der Waals surface area contributed by atoms with Crippen molar-refractivity contribution in [1.29, 1.82) is 0 Å². The number of amides is 1. The normalized spacial score (nSPS) is 28.5. The lowest BCUT2D eigenvalue weighted by molar-refractivity contribution is 0.00882. The van der Waals surface area contributed by atoms with Crippen molar-refractivity contribution in [2.45, 2.75) is 96.4 Å². The van der Waals surface area contributed by atoms with Crippen LogP contribution in [-0.2, 0) is 4.74 Å². The highest BCUT2D eigenvalue weighted by atomic mass is 16.6. The van der Waals surface area contributed by atoms with Gasteiger partial charge in [-0.25, -0.2) is 4.79 Å². The van der Waals surface area contributed by atoms with E-state index in [4.69, 9.17) is 4.74 Å². The average molecular weight is 296 g/mol. The minimum atomic E-state index is -0.409. The highest BCUT2D eigenvalue weighted by molar-refractivity contribution is 5.68. The first-order chi connectivity index (χ1) is 9.85. The number of piperidine rings is 1. The van der Waals surface area contributed by atoms with Crippen molar-refractivity contribution in [3.8, 4) is 0 Å². The van der Waals surface area contributed by atoms with Crippen LogP contribution in [0.2, 0.25) is 0 Å². The molecule has 1 saturated carbocycles. The number of rotatable bonds is 2. The molecule has 21 heavy (non-hydrogen) atoms. The zero-order chi connectivity index (χ0) is 15.5. The van der Waals surface area contributed by atoms with E-state index in [9.17, 15) is 4.79 Å². The van der Waals surface area contributed by atoms with Crippen LogP contribution >= 0.6 is 0 Å². The van der Waals surface area contributed by atoms with Gasteiger partial charge in [-0.1, -0.05) is 19.3 Å². The van der Waals surface area contributed by atoms with Crippen LogP contribution in [0, 0.1) is 0 Å². The number of carbonyl (C=O) groups excluding carboxylic acids is 1. The van der Waals surface area contributed by atoms with Gasteiger partial charge < -0.3 is 15.0 Å². The van der Waals surface area contributed by atoms with E-state index in [1.54, 1.807) is 0 Å². The summed E-state index contributed by atoms with van der Waals surface area (Å²) in [6.45, 7) is 8.71. The van der Waals surface area contributed by atoms with E-state index < -0.39 is 5.60 Å². The minimum Gasteiger partial charge on any atom is -0.444 e. The van der Waals surface area contributed by atoms with Gasteiger partial charge in [0.05, 0.1) is 0 Å². The van der Waals surface area contributed by atoms with Gasteiger partial charge in [-0.15, -0.1) is 0 Å². The van der Waals surface area contributed by atoms with Crippen molar-refractivity contribution < 1.29 is 9.53 Å². The first kappa shape index (κ1) is 16.6. The van der Waals surface area contributed by atoms with E-state index in [0.29, 0.717) is 12.1 Å². The molecule has 2 aliphatic rings. The fourth-order valence-electron chi connectivity index (χ4n) is 3.52. The van der Waals surface area contributed by atoms with Gasteiger partial charge in [-0.05, 0) is 53.4 Å². The Morgan fingerprint density at radius 1 is 1.10 bits per heavy atom. The molecule has 0 aromatic carbocycles. The lowest BCUT2D eigenvalue weighted by Gasteiger charge is -2.40. The molecule has 2 unspecified atom stereocenters. The molecule has 0 spiro atoms. The smallest absolute Gasteiger partial charge is 0.410 e. The fraction of sp³-hybridized carbons (Fsp3) is 0.941. The highest BCUT2D eigenvalue weighted by Crippen LogP contribution is 2.23. The molecule has 4 heteroatoms. The number of likely N-dealkylation sites (tertiary alicyclic amines) is 1. The molecule has 122 valence electrons. The third-order valence-corrected chi connectivity index (χ3v) is 4.58. The van der Waals surface area contributed by atoms with E-state index in [0.717, 1.165) is 19.4 Å². The molecular formula is C17H32N2O2. The quantitative estimate of drug-likeness (QED) is 0.845. The second kappa shape index (κ2) is 6.99. The molecule has 0 aromatic heterocycles. The van der Waals surface area contributed by atoms with Gasteiger partial charge in [0.1, 0.15) is 5.60 Å². The second-order valence-electron chi connectivity index (χ2n) is 7.75. The molecule has 1 saturated heterocycles. The number of carbonyl (C=O) groups is 1. The number of hydrogen-bond donors (Lipinski definition) is 1. The first-order valence-corrected chi connectivity index (χ1v) is 8.61. The van der Waals surface area contributed by atoms with Gasteiger partial charge in [0.2, 0.25) is 0 Å². The van der Waals surface area contributed by atoms with E-state index >= 15 is 0 Å². The topological polar surface area (TPSA) is 41.6 Å². The number of ether oxygens (including phenoxy) is 1. The Labute approximate surface area is 129 Å². The summed E-state index contributed by atoms with van der Waals surface area (Å²) < 4.78 is 5.50. The summed E-state index contributed by atoms with van der Waals surface area (Å²) in [5, 5.41) is 3.82. The van der Waals surface area contributed by atoms with Crippen LogP contribution in [-0.4, -0.2) is 41.3 Å². The summed E-state index contributed by atoms with van der Waals surface area (Å²) >= 11 is 0. The van der Waals surface area contributed by atoms with Crippen molar-refractivity contribution in [3.05, 3.63) is 0 Å². The molecule has 0 bridgehead atoms. The third kappa shape index (κ3) is 5.17. The van der Waals surface area contributed by atoms with Crippen LogP contribution in [0.15, 0.2) is 0 Å². The maximum atomic E-state index is 12.2. The number of nitrogens with zero attached hydrogens (tertiary/aromatic N) is 1. The van der Waals surface area contributed by atoms with Crippen molar-refractivity contribution in [2.75, 3.05) is 6.54 Å². The first-order valence-electron chi connectivity index (χ1n) is 8.61. The molecule has 0 aromatic rings. The van der Waals surface area contributed by atoms with Crippen LogP contribution in [0.25, 0.3) is 0 Å². The molecule has 0 radical (unpaired) electrons. The summed E-state index contributed by atoms with van der Waals surface area (Å²) in [7, 11) is 0. The fourth-order valence-corrected chi connectivity index (χ4v) is 3.52. The van der Waals surface area contributed by atoms with Crippen molar-refractivity contribution >= 4 is 6.09 Å². The molecule has 1 aliphatic carbocycles. The van der Waals surface area contributed by atoms with Crippen molar-refractivity contribution in [3.63, 3.8) is 0 Å². The van der Waals surface area contributed by atoms with Gasteiger partial charge in [0.15, 0.2) is 0 Å². The monoisotopic (exact) mass is 296 g/mol. The van der Waals surface area contributed by atoms with Gasteiger partial charge in [0, 0.05) is 24.7 Å². The number of hydrogen-bond acceptors (Lipinski definition) is 3. The van der Waals surface area contributed by atoms with Crippen LogP contribution in [0.1, 0.15) is 72.6 Å². The Balaban J connectivity index is 1.79. The Bertz CT molecular complexity index is 345. The molecule has 1 heterocycles. The summed E-state index contributed by atoms with van der Waals surface area (Å²) in [5.41, 5.74) is -0.409. The Hall–Kier alpha value is -0.770. The molecule has 1 aliphatic heterocycles. The highest BCUT2D eigenvalue weighted by Gasteiger charge is 2.32. The number of nitrogens with one attached hydrogen (secondary N) is 1. The Kier molecular flexibility index (Phi) is 5.53. The van der Waals surface area contributed by atoms with E-state index in [-0.39, 0.29) is 12.1 Å². The summed E-state index contributed by atoms with van der Waals surface area (Å²) in [5.74, 6) is 0. The maximum Gasteiger partial charge on any atom is 0.410 e. The zero-order valence-electron chi connectivity index (χ0n) is 14.2. The molecule has 2 atom stereocenters. The predicted octanol–water partition coefficient (Wildman–Crippen LogP) is 3.70. The van der Waals surface area contributed by atoms with Crippen LogP contribution in [0.5, 0.6) is 0 Å². The maximum absolute atomic E-state index is 12.2. The summed E-state index contributed by atoms with van der Waals surface area (Å²) in [4.78, 5) is 14.1. The lowest BCUT2D eigenvalue weighted by Crippen LogP contribution is -2.52. The van der Waals surface area contributed by atoms with Gasteiger partial charge in [-0.2, -0.15) is 0 Å². The van der Waals surface area contributed by atoms with Crippen LogP contribution in [0.4, 0.5) is 4.79 Å². The molecule has 1 amide bonds. The standard InChI is InChI=1S/C17H32N2O2/c1-13-12-15(18-14-8-6-5-7-9-14)10-11-19(13)16(20)21-17(2,3)4/h13-15,18H,5-12H2,1-4H3. The SMILES string of the molecule is CC1CC(NC2CCCCC2)CCN1C(=O)OC(C)(C)C. The lowest BCUT2D eigenvalue weighted by atomic mass is 9.92. The van der Waals surface area contributed by atoms with E-state index in [1.165, 1.54) is 32.1 Å². The molecular weight excluding hydrogens is 264 g/mol. The molecule has 4 nitrogen and oxygen atoms in total. The third-order valence-electron chi connectivity index (χ3n) is 4.58. The largest absolute Gasteiger partial charge is 0.444 e. The average Bonchev–Trinajstić information content (AvgIpc) is 2.37. The van der Waals surface area contributed by atoms with E-state index in [2.05, 4.69) is 12.2 Å². The summed E-state index contributed by atoms with van der Waals surface area (Å²) in [6.07, 6.45) is 8.68. The molecule has 2 rings (SSSR count).